The molecule has 0 amide bonds. The van der Waals surface area contributed by atoms with E-state index in [0.29, 0.717) is 24.0 Å². The Morgan fingerprint density at radius 3 is 2.80 bits per heavy atom. The Morgan fingerprint density at radius 1 is 1.16 bits per heavy atom. The highest BCUT2D eigenvalue weighted by molar-refractivity contribution is 6.31. The number of rotatable bonds is 4. The number of benzene rings is 2. The molecule has 0 bridgehead atoms. The highest BCUT2D eigenvalue weighted by Crippen LogP contribution is 2.28. The maximum atomic E-state index is 6.28. The van der Waals surface area contributed by atoms with Gasteiger partial charge in [0.05, 0.1) is 11.4 Å². The van der Waals surface area contributed by atoms with Gasteiger partial charge in [-0.15, -0.1) is 10.2 Å². The lowest BCUT2D eigenvalue weighted by molar-refractivity contribution is 0.0393. The van der Waals surface area contributed by atoms with Crippen LogP contribution in [0, 0.1) is 0 Å². The monoisotopic (exact) mass is 353 g/mol. The van der Waals surface area contributed by atoms with Gasteiger partial charge in [-0.3, -0.25) is 14.4 Å². The van der Waals surface area contributed by atoms with E-state index in [1.54, 1.807) is 7.05 Å². The number of hydrogen-bond donors (Lipinski definition) is 1. The van der Waals surface area contributed by atoms with Gasteiger partial charge in [0.15, 0.2) is 11.6 Å². The van der Waals surface area contributed by atoms with Gasteiger partial charge in [0.25, 0.3) is 0 Å². The molecule has 7 heteroatoms. The van der Waals surface area contributed by atoms with Crippen molar-refractivity contribution in [3.63, 3.8) is 0 Å². The van der Waals surface area contributed by atoms with Crippen LogP contribution in [0.3, 0.4) is 0 Å². The van der Waals surface area contributed by atoms with E-state index >= 15 is 0 Å². The van der Waals surface area contributed by atoms with E-state index in [1.165, 1.54) is 0 Å². The molecule has 2 heterocycles. The van der Waals surface area contributed by atoms with Crippen molar-refractivity contribution >= 4 is 17.3 Å². The first-order valence-electron chi connectivity index (χ1n) is 7.90. The second-order valence-electron chi connectivity index (χ2n) is 5.55. The van der Waals surface area contributed by atoms with E-state index in [0.717, 1.165) is 28.4 Å². The van der Waals surface area contributed by atoms with E-state index < -0.39 is 0 Å². The molecule has 3 aromatic rings. The second kappa shape index (κ2) is 6.76. The van der Waals surface area contributed by atoms with Gasteiger partial charge >= 0.3 is 0 Å². The average Bonchev–Trinajstić information content (AvgIpc) is 2.96. The molecule has 0 saturated carbocycles. The minimum absolute atomic E-state index is 0.298. The first kappa shape index (κ1) is 16.0. The van der Waals surface area contributed by atoms with Crippen LogP contribution in [-0.2, 0) is 18.0 Å². The summed E-state index contributed by atoms with van der Waals surface area (Å²) in [5.74, 6) is 1.47. The lowest BCUT2D eigenvalue weighted by atomic mass is 10.0. The van der Waals surface area contributed by atoms with E-state index in [-0.39, 0.29) is 0 Å². The third-order valence-corrected chi connectivity index (χ3v) is 4.26. The second-order valence-corrected chi connectivity index (χ2v) is 5.99. The molecule has 6 nitrogen and oxygen atoms in total. The fourth-order valence-electron chi connectivity index (χ4n) is 2.94. The van der Waals surface area contributed by atoms with Crippen molar-refractivity contribution in [2.24, 2.45) is 4.99 Å². The zero-order valence-electron chi connectivity index (χ0n) is 13.6. The van der Waals surface area contributed by atoms with Gasteiger partial charge in [0, 0.05) is 23.2 Å². The summed E-state index contributed by atoms with van der Waals surface area (Å²) < 4.78 is 1.99. The Morgan fingerprint density at radius 2 is 2.00 bits per heavy atom. The van der Waals surface area contributed by atoms with Crippen molar-refractivity contribution in [2.75, 3.05) is 7.05 Å². The highest BCUT2D eigenvalue weighted by Gasteiger charge is 2.23. The number of aromatic nitrogens is 3. The van der Waals surface area contributed by atoms with Crippen LogP contribution in [0.25, 0.3) is 5.69 Å². The predicted molar refractivity (Wildman–Crippen MR) is 96.0 cm³/mol. The maximum absolute atomic E-state index is 6.28. The van der Waals surface area contributed by atoms with Crippen molar-refractivity contribution in [1.29, 1.82) is 0 Å². The van der Waals surface area contributed by atoms with Crippen molar-refractivity contribution in [1.82, 2.24) is 20.2 Å². The molecule has 0 saturated heterocycles. The zero-order chi connectivity index (χ0) is 17.2. The number of fused-ring (bicyclic) bond motifs is 3. The summed E-state index contributed by atoms with van der Waals surface area (Å²) in [5.41, 5.74) is 6.49. The van der Waals surface area contributed by atoms with Gasteiger partial charge in [0.2, 0.25) is 0 Å². The number of hydrogen-bond acceptors (Lipinski definition) is 5. The van der Waals surface area contributed by atoms with E-state index in [9.17, 15) is 0 Å². The van der Waals surface area contributed by atoms with Crippen LogP contribution in [0.4, 0.5) is 0 Å². The molecule has 0 fully saturated rings. The normalized spacial score (nSPS) is 13.0. The fraction of sp³-hybridized carbons (Fsp3) is 0.167. The molecular weight excluding hydrogens is 338 g/mol. The standard InChI is InChI=1S/C18H16ClN5O/c1-20-25-11-17-23-22-16-10-21-18(12-5-3-2-4-6-12)14-9-13(19)7-8-15(14)24(16)17/h2-9,20H,10-11H2,1H3. The van der Waals surface area contributed by atoms with Crippen LogP contribution < -0.4 is 5.48 Å². The molecule has 0 unspecified atom stereocenters. The topological polar surface area (TPSA) is 64.3 Å². The Bertz CT molecular complexity index is 936. The predicted octanol–water partition coefficient (Wildman–Crippen LogP) is 2.92. The first-order valence-corrected chi connectivity index (χ1v) is 8.27. The number of hydroxylamine groups is 1. The van der Waals surface area contributed by atoms with Gasteiger partial charge < -0.3 is 0 Å². The van der Waals surface area contributed by atoms with Gasteiger partial charge in [-0.05, 0) is 18.2 Å². The van der Waals surface area contributed by atoms with Gasteiger partial charge in [0.1, 0.15) is 13.2 Å². The van der Waals surface area contributed by atoms with E-state index in [1.807, 2.05) is 53.1 Å². The fourth-order valence-corrected chi connectivity index (χ4v) is 3.11. The molecule has 1 aliphatic rings. The van der Waals surface area contributed by atoms with Crippen LogP contribution in [0.5, 0.6) is 0 Å². The Balaban J connectivity index is 1.90. The van der Waals surface area contributed by atoms with Gasteiger partial charge in [-0.1, -0.05) is 41.9 Å². The van der Waals surface area contributed by atoms with Crippen molar-refractivity contribution in [3.05, 3.63) is 76.3 Å². The molecular formula is C18H16ClN5O. The highest BCUT2D eigenvalue weighted by atomic mass is 35.5. The summed E-state index contributed by atoms with van der Waals surface area (Å²) in [6, 6.07) is 15.8. The summed E-state index contributed by atoms with van der Waals surface area (Å²) in [6.07, 6.45) is 0. The van der Waals surface area contributed by atoms with Crippen LogP contribution in [0.15, 0.2) is 53.5 Å². The first-order chi connectivity index (χ1) is 12.3. The Hall–Kier alpha value is -2.54. The van der Waals surface area contributed by atoms with Gasteiger partial charge in [-0.2, -0.15) is 0 Å². The molecule has 0 radical (unpaired) electrons. The molecule has 1 aromatic heterocycles. The number of aliphatic imine (C=N–C) groups is 1. The molecule has 126 valence electrons. The quantitative estimate of drug-likeness (QED) is 0.732. The molecule has 2 aromatic carbocycles. The summed E-state index contributed by atoms with van der Waals surface area (Å²) >= 11 is 6.28. The molecule has 1 aliphatic heterocycles. The number of nitrogens with one attached hydrogen (secondary N) is 1. The van der Waals surface area contributed by atoms with Crippen LogP contribution in [0.2, 0.25) is 5.02 Å². The minimum atomic E-state index is 0.298. The largest absolute Gasteiger partial charge is 0.294 e. The lowest BCUT2D eigenvalue weighted by Gasteiger charge is -2.14. The molecule has 0 atom stereocenters. The SMILES string of the molecule is CNOCc1nnc2n1-c1ccc(Cl)cc1C(c1ccccc1)=NC2. The van der Waals surface area contributed by atoms with Crippen LogP contribution >= 0.6 is 11.6 Å². The third kappa shape index (κ3) is 2.95. The zero-order valence-corrected chi connectivity index (χ0v) is 14.4. The minimum Gasteiger partial charge on any atom is -0.294 e. The Labute approximate surface area is 150 Å². The molecule has 1 N–H and O–H groups in total. The molecule has 0 spiro atoms. The third-order valence-electron chi connectivity index (χ3n) is 4.02. The summed E-state index contributed by atoms with van der Waals surface area (Å²) in [5, 5.41) is 9.19. The van der Waals surface area contributed by atoms with Crippen molar-refractivity contribution < 1.29 is 4.84 Å². The maximum Gasteiger partial charge on any atom is 0.165 e. The summed E-state index contributed by atoms with van der Waals surface area (Å²) in [7, 11) is 1.71. The lowest BCUT2D eigenvalue weighted by Crippen LogP contribution is -2.13. The van der Waals surface area contributed by atoms with E-state index in [2.05, 4.69) is 15.7 Å². The van der Waals surface area contributed by atoms with Crippen molar-refractivity contribution in [2.45, 2.75) is 13.2 Å². The molecule has 4 rings (SSSR count). The number of nitrogens with zero attached hydrogens (tertiary/aromatic N) is 4. The van der Waals surface area contributed by atoms with Crippen molar-refractivity contribution in [3.8, 4) is 5.69 Å². The number of halogens is 1. The molecule has 25 heavy (non-hydrogen) atoms. The van der Waals surface area contributed by atoms with Gasteiger partial charge in [-0.25, -0.2) is 5.48 Å². The summed E-state index contributed by atoms with van der Waals surface area (Å²) in [6.45, 7) is 0.731. The van der Waals surface area contributed by atoms with E-state index in [4.69, 9.17) is 21.4 Å². The van der Waals surface area contributed by atoms with Crippen LogP contribution in [-0.4, -0.2) is 27.5 Å². The smallest absolute Gasteiger partial charge is 0.165 e. The average molecular weight is 354 g/mol. The Kier molecular flexibility index (Phi) is 4.31. The van der Waals surface area contributed by atoms with Crippen LogP contribution in [0.1, 0.15) is 22.8 Å². The summed E-state index contributed by atoms with van der Waals surface area (Å²) in [4.78, 5) is 10.1. The molecule has 0 aliphatic carbocycles.